The molecule has 1 aromatic carbocycles. The van der Waals surface area contributed by atoms with Gasteiger partial charge in [-0.05, 0) is 67.4 Å². The molecule has 1 unspecified atom stereocenters. The lowest BCUT2D eigenvalue weighted by Gasteiger charge is -2.61. The van der Waals surface area contributed by atoms with Gasteiger partial charge >= 0.3 is 6.18 Å². The van der Waals surface area contributed by atoms with E-state index in [1.807, 2.05) is 0 Å². The summed E-state index contributed by atoms with van der Waals surface area (Å²) in [5.41, 5.74) is -1.23. The van der Waals surface area contributed by atoms with Crippen molar-refractivity contribution in [2.75, 3.05) is 0 Å². The Kier molecular flexibility index (Phi) is 3.74. The summed E-state index contributed by atoms with van der Waals surface area (Å²) < 4.78 is 39.9. The predicted molar refractivity (Wildman–Crippen MR) is 93.9 cm³/mol. The van der Waals surface area contributed by atoms with Gasteiger partial charge in [0.2, 0.25) is 0 Å². The van der Waals surface area contributed by atoms with Crippen molar-refractivity contribution in [3.05, 3.63) is 53.6 Å². The summed E-state index contributed by atoms with van der Waals surface area (Å²) in [6.45, 7) is 0. The molecule has 6 rings (SSSR count). The molecule has 4 fully saturated rings. The van der Waals surface area contributed by atoms with Crippen molar-refractivity contribution in [2.45, 2.75) is 49.8 Å². The molecule has 1 heterocycles. The highest BCUT2D eigenvalue weighted by Gasteiger charge is 2.60. The minimum Gasteiger partial charge on any atom is -0.388 e. The maximum absolute atomic E-state index is 13.3. The first-order chi connectivity index (χ1) is 12.9. The zero-order chi connectivity index (χ0) is 18.8. The number of nitrogens with zero attached hydrogens (tertiary/aromatic N) is 1. The molecular formula is C21H23F3N2O. The summed E-state index contributed by atoms with van der Waals surface area (Å²) in [5.74, 6) is 1.56. The molecule has 0 aliphatic heterocycles. The standard InChI is InChI=1S/C21H23F3N2O/c22-21(23,24)15-3-1-2-14(11-15)18(19-25-4-5-26-19)20(27)16-7-12-6-13(9-16)10-17(20)8-12/h1-5,11-13,16-18,27H,6-10H2,(H,25,26). The smallest absolute Gasteiger partial charge is 0.388 e. The molecule has 4 bridgehead atoms. The number of hydrogen-bond donors (Lipinski definition) is 2. The number of aliphatic hydroxyl groups is 1. The van der Waals surface area contributed by atoms with E-state index in [1.165, 1.54) is 18.6 Å². The van der Waals surface area contributed by atoms with Crippen molar-refractivity contribution < 1.29 is 18.3 Å². The zero-order valence-corrected chi connectivity index (χ0v) is 14.9. The van der Waals surface area contributed by atoms with E-state index in [0.717, 1.165) is 31.7 Å². The molecule has 0 radical (unpaired) electrons. The van der Waals surface area contributed by atoms with Crippen LogP contribution in [0.3, 0.4) is 0 Å². The molecule has 1 aromatic heterocycles. The zero-order valence-electron chi connectivity index (χ0n) is 14.9. The van der Waals surface area contributed by atoms with Crippen LogP contribution in [0.4, 0.5) is 13.2 Å². The molecule has 0 saturated heterocycles. The van der Waals surface area contributed by atoms with Gasteiger partial charge in [0.05, 0.1) is 17.1 Å². The number of benzene rings is 1. The van der Waals surface area contributed by atoms with Crippen LogP contribution in [-0.4, -0.2) is 20.7 Å². The van der Waals surface area contributed by atoms with Crippen molar-refractivity contribution in [3.8, 4) is 0 Å². The van der Waals surface area contributed by atoms with Crippen LogP contribution in [0.25, 0.3) is 0 Å². The molecule has 4 aliphatic carbocycles. The molecule has 1 atom stereocenters. The first kappa shape index (κ1) is 17.3. The lowest BCUT2D eigenvalue weighted by Crippen LogP contribution is -2.60. The Balaban J connectivity index is 1.63. The number of hydrogen-bond acceptors (Lipinski definition) is 2. The highest BCUT2D eigenvalue weighted by Crippen LogP contribution is 2.62. The molecule has 4 aliphatic rings. The Morgan fingerprint density at radius 1 is 1.07 bits per heavy atom. The van der Waals surface area contributed by atoms with E-state index in [4.69, 9.17) is 0 Å². The predicted octanol–water partition coefficient (Wildman–Crippen LogP) is 4.75. The van der Waals surface area contributed by atoms with Crippen molar-refractivity contribution in [2.24, 2.45) is 23.7 Å². The van der Waals surface area contributed by atoms with E-state index in [1.54, 1.807) is 18.5 Å². The maximum atomic E-state index is 13.3. The first-order valence-corrected chi connectivity index (χ1v) is 9.74. The monoisotopic (exact) mass is 376 g/mol. The summed E-state index contributed by atoms with van der Waals surface area (Å²) in [7, 11) is 0. The number of aromatic nitrogens is 2. The fourth-order valence-corrected chi connectivity index (χ4v) is 6.38. The van der Waals surface area contributed by atoms with E-state index in [9.17, 15) is 18.3 Å². The van der Waals surface area contributed by atoms with Crippen LogP contribution in [-0.2, 0) is 6.18 Å². The number of nitrogens with one attached hydrogen (secondary N) is 1. The minimum atomic E-state index is -4.41. The average molecular weight is 376 g/mol. The third-order valence-corrected chi connectivity index (χ3v) is 7.25. The Morgan fingerprint density at radius 3 is 2.30 bits per heavy atom. The minimum absolute atomic E-state index is 0.124. The van der Waals surface area contributed by atoms with E-state index in [0.29, 0.717) is 23.2 Å². The van der Waals surface area contributed by atoms with Gasteiger partial charge in [-0.2, -0.15) is 13.2 Å². The van der Waals surface area contributed by atoms with Gasteiger partial charge in [0.25, 0.3) is 0 Å². The van der Waals surface area contributed by atoms with Gasteiger partial charge < -0.3 is 10.1 Å². The lowest BCUT2D eigenvalue weighted by molar-refractivity contribution is -0.181. The van der Waals surface area contributed by atoms with Gasteiger partial charge in [0, 0.05) is 12.4 Å². The topological polar surface area (TPSA) is 48.9 Å². The summed E-state index contributed by atoms with van der Waals surface area (Å²) >= 11 is 0. The molecule has 4 saturated carbocycles. The normalized spacial score (nSPS) is 36.1. The molecule has 2 aromatic rings. The van der Waals surface area contributed by atoms with E-state index in [-0.39, 0.29) is 11.8 Å². The number of aromatic amines is 1. The molecule has 0 amide bonds. The van der Waals surface area contributed by atoms with E-state index < -0.39 is 23.3 Å². The molecule has 3 nitrogen and oxygen atoms in total. The fraction of sp³-hybridized carbons (Fsp3) is 0.571. The van der Waals surface area contributed by atoms with Crippen molar-refractivity contribution >= 4 is 0 Å². The highest BCUT2D eigenvalue weighted by molar-refractivity contribution is 5.36. The highest BCUT2D eigenvalue weighted by atomic mass is 19.4. The van der Waals surface area contributed by atoms with Gasteiger partial charge in [-0.25, -0.2) is 4.98 Å². The molecule has 6 heteroatoms. The van der Waals surface area contributed by atoms with E-state index >= 15 is 0 Å². The van der Waals surface area contributed by atoms with Gasteiger partial charge in [0.1, 0.15) is 5.82 Å². The summed E-state index contributed by atoms with van der Waals surface area (Å²) in [4.78, 5) is 7.44. The molecular weight excluding hydrogens is 353 g/mol. The van der Waals surface area contributed by atoms with Crippen LogP contribution in [0, 0.1) is 23.7 Å². The Bertz CT molecular complexity index is 802. The number of halogens is 3. The van der Waals surface area contributed by atoms with Crippen LogP contribution in [0.15, 0.2) is 36.7 Å². The van der Waals surface area contributed by atoms with Crippen LogP contribution in [0.2, 0.25) is 0 Å². The number of H-pyrrole nitrogens is 1. The molecule has 0 spiro atoms. The maximum Gasteiger partial charge on any atom is 0.416 e. The van der Waals surface area contributed by atoms with Crippen LogP contribution in [0.1, 0.15) is 55.0 Å². The second kappa shape index (κ2) is 5.84. The van der Waals surface area contributed by atoms with Gasteiger partial charge in [-0.15, -0.1) is 0 Å². The van der Waals surface area contributed by atoms with Gasteiger partial charge in [-0.3, -0.25) is 0 Å². The summed E-state index contributed by atoms with van der Waals surface area (Å²) in [6, 6.07) is 5.42. The van der Waals surface area contributed by atoms with Crippen molar-refractivity contribution in [3.63, 3.8) is 0 Å². The average Bonchev–Trinajstić information content (AvgIpc) is 3.13. The summed E-state index contributed by atoms with van der Waals surface area (Å²) in [6.07, 6.45) is 4.01. The third kappa shape index (κ3) is 2.64. The summed E-state index contributed by atoms with van der Waals surface area (Å²) in [5, 5.41) is 12.0. The third-order valence-electron chi connectivity index (χ3n) is 7.25. The van der Waals surface area contributed by atoms with Gasteiger partial charge in [-0.1, -0.05) is 18.2 Å². The van der Waals surface area contributed by atoms with Crippen LogP contribution < -0.4 is 0 Å². The van der Waals surface area contributed by atoms with Crippen molar-refractivity contribution in [1.82, 2.24) is 9.97 Å². The first-order valence-electron chi connectivity index (χ1n) is 9.74. The quantitative estimate of drug-likeness (QED) is 0.812. The van der Waals surface area contributed by atoms with Crippen molar-refractivity contribution in [1.29, 1.82) is 0 Å². The second-order valence-corrected chi connectivity index (χ2v) is 8.72. The van der Waals surface area contributed by atoms with Crippen LogP contribution >= 0.6 is 0 Å². The largest absolute Gasteiger partial charge is 0.416 e. The number of rotatable bonds is 3. The second-order valence-electron chi connectivity index (χ2n) is 8.72. The number of alkyl halides is 3. The lowest BCUT2D eigenvalue weighted by atomic mass is 9.46. The molecule has 144 valence electrons. The number of imidazole rings is 1. The SMILES string of the molecule is OC1(C(c2cccc(C(F)(F)F)c2)c2ncc[nH]2)C2CC3CC(C2)CC1C3. The Hall–Kier alpha value is -1.82. The molecule has 27 heavy (non-hydrogen) atoms. The van der Waals surface area contributed by atoms with Crippen LogP contribution in [0.5, 0.6) is 0 Å². The molecule has 2 N–H and O–H groups in total. The fourth-order valence-electron chi connectivity index (χ4n) is 6.38. The Morgan fingerprint density at radius 2 is 1.74 bits per heavy atom. The Labute approximate surface area is 156 Å². The van der Waals surface area contributed by atoms with E-state index in [2.05, 4.69) is 9.97 Å². The van der Waals surface area contributed by atoms with Gasteiger partial charge in [0.15, 0.2) is 0 Å².